The fourth-order valence-corrected chi connectivity index (χ4v) is 2.31. The normalized spacial score (nSPS) is 10.5. The Morgan fingerprint density at radius 2 is 1.96 bits per heavy atom. The number of para-hydroxylation sites is 1. The molecule has 0 saturated carbocycles. The van der Waals surface area contributed by atoms with Gasteiger partial charge >= 0.3 is 5.97 Å². The van der Waals surface area contributed by atoms with Gasteiger partial charge in [-0.25, -0.2) is 9.18 Å². The van der Waals surface area contributed by atoms with Gasteiger partial charge in [-0.2, -0.15) is 0 Å². The van der Waals surface area contributed by atoms with E-state index >= 15 is 0 Å². The number of halogens is 1. The molecule has 1 N–H and O–H groups in total. The molecule has 23 heavy (non-hydrogen) atoms. The van der Waals surface area contributed by atoms with Gasteiger partial charge in [0.2, 0.25) is 0 Å². The number of hydrogen-bond donors (Lipinski definition) is 1. The monoisotopic (exact) mass is 310 g/mol. The number of pyridine rings is 1. The van der Waals surface area contributed by atoms with Gasteiger partial charge in [-0.05, 0) is 43.3 Å². The second-order valence-electron chi connectivity index (χ2n) is 4.92. The minimum Gasteiger partial charge on any atom is -0.462 e. The molecule has 0 radical (unpaired) electrons. The molecule has 0 saturated heterocycles. The Bertz CT molecular complexity index is 847. The van der Waals surface area contributed by atoms with Crippen LogP contribution in [-0.2, 0) is 4.74 Å². The first-order valence-corrected chi connectivity index (χ1v) is 7.26. The van der Waals surface area contributed by atoms with E-state index in [0.717, 1.165) is 11.4 Å². The Kier molecular flexibility index (Phi) is 4.19. The number of rotatable bonds is 4. The van der Waals surface area contributed by atoms with Crippen molar-refractivity contribution in [3.63, 3.8) is 0 Å². The molecule has 0 atom stereocenters. The standard InChI is InChI=1S/C18H15FN2O2/c1-2-23-18(22)12-6-8-13(9-7-12)21-16-10-11-20-17-14(16)4-3-5-15(17)19/h3-11H,2H2,1H3,(H,20,21). The van der Waals surface area contributed by atoms with Crippen LogP contribution in [0.4, 0.5) is 15.8 Å². The molecule has 0 bridgehead atoms. The van der Waals surface area contributed by atoms with Crippen LogP contribution in [0, 0.1) is 5.82 Å². The number of hydrogen-bond acceptors (Lipinski definition) is 4. The SMILES string of the molecule is CCOC(=O)c1ccc(Nc2ccnc3c(F)cccc23)cc1. The maximum atomic E-state index is 13.8. The number of esters is 1. The summed E-state index contributed by atoms with van der Waals surface area (Å²) in [6.45, 7) is 2.11. The molecule has 0 spiro atoms. The van der Waals surface area contributed by atoms with Gasteiger partial charge in [-0.1, -0.05) is 12.1 Å². The summed E-state index contributed by atoms with van der Waals surface area (Å²) >= 11 is 0. The van der Waals surface area contributed by atoms with E-state index in [1.54, 1.807) is 55.6 Å². The Hall–Kier alpha value is -2.95. The van der Waals surface area contributed by atoms with E-state index in [4.69, 9.17) is 4.74 Å². The third kappa shape index (κ3) is 3.13. The Labute approximate surface area is 132 Å². The maximum Gasteiger partial charge on any atom is 0.338 e. The molecule has 4 nitrogen and oxygen atoms in total. The first kappa shape index (κ1) is 15.0. The first-order valence-electron chi connectivity index (χ1n) is 7.26. The van der Waals surface area contributed by atoms with Crippen LogP contribution in [0.5, 0.6) is 0 Å². The van der Waals surface area contributed by atoms with Crippen molar-refractivity contribution in [1.29, 1.82) is 0 Å². The van der Waals surface area contributed by atoms with Gasteiger partial charge in [0.25, 0.3) is 0 Å². The number of carbonyl (C=O) groups is 1. The van der Waals surface area contributed by atoms with Crippen molar-refractivity contribution >= 4 is 28.2 Å². The first-order chi connectivity index (χ1) is 11.2. The highest BCUT2D eigenvalue weighted by Gasteiger charge is 2.08. The van der Waals surface area contributed by atoms with Crippen molar-refractivity contribution in [2.45, 2.75) is 6.92 Å². The second kappa shape index (κ2) is 6.44. The Balaban J connectivity index is 1.88. The van der Waals surface area contributed by atoms with E-state index in [1.807, 2.05) is 0 Å². The molecular weight excluding hydrogens is 295 g/mol. The van der Waals surface area contributed by atoms with Gasteiger partial charge in [0, 0.05) is 23.0 Å². The van der Waals surface area contributed by atoms with Crippen LogP contribution in [0.2, 0.25) is 0 Å². The fourth-order valence-electron chi connectivity index (χ4n) is 2.31. The van der Waals surface area contributed by atoms with E-state index in [1.165, 1.54) is 6.07 Å². The number of nitrogens with zero attached hydrogens (tertiary/aromatic N) is 1. The fraction of sp³-hybridized carbons (Fsp3) is 0.111. The summed E-state index contributed by atoms with van der Waals surface area (Å²) in [7, 11) is 0. The molecule has 0 aliphatic carbocycles. The lowest BCUT2D eigenvalue weighted by molar-refractivity contribution is 0.0526. The third-order valence-electron chi connectivity index (χ3n) is 3.40. The van der Waals surface area contributed by atoms with Crippen LogP contribution >= 0.6 is 0 Å². The molecule has 1 heterocycles. The van der Waals surface area contributed by atoms with E-state index in [-0.39, 0.29) is 11.8 Å². The highest BCUT2D eigenvalue weighted by Crippen LogP contribution is 2.26. The van der Waals surface area contributed by atoms with Crippen molar-refractivity contribution in [2.24, 2.45) is 0 Å². The zero-order chi connectivity index (χ0) is 16.2. The van der Waals surface area contributed by atoms with Crippen molar-refractivity contribution in [1.82, 2.24) is 4.98 Å². The number of carbonyl (C=O) groups excluding carboxylic acids is 1. The summed E-state index contributed by atoms with van der Waals surface area (Å²) in [4.78, 5) is 15.7. The number of nitrogens with one attached hydrogen (secondary N) is 1. The summed E-state index contributed by atoms with van der Waals surface area (Å²) < 4.78 is 18.7. The molecular formula is C18H15FN2O2. The highest BCUT2D eigenvalue weighted by molar-refractivity contribution is 5.93. The van der Waals surface area contributed by atoms with Crippen LogP contribution in [-0.4, -0.2) is 17.6 Å². The van der Waals surface area contributed by atoms with Gasteiger partial charge < -0.3 is 10.1 Å². The lowest BCUT2D eigenvalue weighted by Gasteiger charge is -2.10. The Morgan fingerprint density at radius 3 is 2.70 bits per heavy atom. The van der Waals surface area contributed by atoms with Crippen molar-refractivity contribution in [2.75, 3.05) is 11.9 Å². The molecule has 0 aliphatic rings. The molecule has 0 aliphatic heterocycles. The largest absolute Gasteiger partial charge is 0.462 e. The predicted molar refractivity (Wildman–Crippen MR) is 87.4 cm³/mol. The van der Waals surface area contributed by atoms with Crippen LogP contribution in [0.25, 0.3) is 10.9 Å². The summed E-state index contributed by atoms with van der Waals surface area (Å²) in [5.74, 6) is -0.709. The summed E-state index contributed by atoms with van der Waals surface area (Å²) in [6, 6.07) is 13.5. The number of aromatic nitrogens is 1. The number of fused-ring (bicyclic) bond motifs is 1. The predicted octanol–water partition coefficient (Wildman–Crippen LogP) is 4.29. The molecule has 3 aromatic rings. The van der Waals surface area contributed by atoms with Crippen LogP contribution in [0.3, 0.4) is 0 Å². The van der Waals surface area contributed by atoms with Crippen LogP contribution < -0.4 is 5.32 Å². The van der Waals surface area contributed by atoms with Crippen molar-refractivity contribution < 1.29 is 13.9 Å². The van der Waals surface area contributed by atoms with E-state index in [2.05, 4.69) is 10.3 Å². The van der Waals surface area contributed by atoms with Crippen LogP contribution in [0.15, 0.2) is 54.7 Å². The molecule has 0 unspecified atom stereocenters. The number of benzene rings is 2. The lowest BCUT2D eigenvalue weighted by Crippen LogP contribution is -2.04. The van der Waals surface area contributed by atoms with Gasteiger partial charge in [-0.15, -0.1) is 0 Å². The minimum atomic E-state index is -0.358. The van der Waals surface area contributed by atoms with Gasteiger partial charge in [0.1, 0.15) is 11.3 Å². The zero-order valence-electron chi connectivity index (χ0n) is 12.5. The zero-order valence-corrected chi connectivity index (χ0v) is 12.5. The lowest BCUT2D eigenvalue weighted by atomic mass is 10.1. The summed E-state index contributed by atoms with van der Waals surface area (Å²) in [5.41, 5.74) is 2.34. The molecule has 0 fully saturated rings. The molecule has 3 rings (SSSR count). The second-order valence-corrected chi connectivity index (χ2v) is 4.92. The average molecular weight is 310 g/mol. The minimum absolute atomic E-state index is 0.320. The van der Waals surface area contributed by atoms with E-state index < -0.39 is 0 Å². The number of ether oxygens (including phenoxy) is 1. The number of anilines is 2. The van der Waals surface area contributed by atoms with E-state index in [9.17, 15) is 9.18 Å². The Morgan fingerprint density at radius 1 is 1.17 bits per heavy atom. The third-order valence-corrected chi connectivity index (χ3v) is 3.40. The van der Waals surface area contributed by atoms with E-state index in [0.29, 0.717) is 23.1 Å². The quantitative estimate of drug-likeness (QED) is 0.730. The van der Waals surface area contributed by atoms with Crippen molar-refractivity contribution in [3.05, 3.63) is 66.1 Å². The summed E-state index contributed by atoms with van der Waals surface area (Å²) in [5, 5.41) is 3.91. The smallest absolute Gasteiger partial charge is 0.338 e. The molecule has 5 heteroatoms. The maximum absolute atomic E-state index is 13.8. The van der Waals surface area contributed by atoms with Gasteiger partial charge in [-0.3, -0.25) is 4.98 Å². The average Bonchev–Trinajstić information content (AvgIpc) is 2.57. The molecule has 2 aromatic carbocycles. The summed E-state index contributed by atoms with van der Waals surface area (Å²) in [6.07, 6.45) is 1.56. The molecule has 1 aromatic heterocycles. The van der Waals surface area contributed by atoms with Crippen molar-refractivity contribution in [3.8, 4) is 0 Å². The van der Waals surface area contributed by atoms with Crippen LogP contribution in [0.1, 0.15) is 17.3 Å². The molecule has 116 valence electrons. The van der Waals surface area contributed by atoms with Gasteiger partial charge in [0.15, 0.2) is 0 Å². The molecule has 0 amide bonds. The topological polar surface area (TPSA) is 51.2 Å². The highest BCUT2D eigenvalue weighted by atomic mass is 19.1. The van der Waals surface area contributed by atoms with Gasteiger partial charge in [0.05, 0.1) is 12.2 Å².